The smallest absolute Gasteiger partial charge is 0.180 e. The average Bonchev–Trinajstić information content (AvgIpc) is 3.26. The molecule has 0 bridgehead atoms. The zero-order valence-corrected chi connectivity index (χ0v) is 17.3. The van der Waals surface area contributed by atoms with Crippen molar-refractivity contribution in [2.45, 2.75) is 0 Å². The number of rotatable bonds is 3. The fourth-order valence-electron chi connectivity index (χ4n) is 3.68. The minimum atomic E-state index is 0.690. The Morgan fingerprint density at radius 3 is 2.03 bits per heavy atom. The minimum absolute atomic E-state index is 0.690. The van der Waals surface area contributed by atoms with Gasteiger partial charge in [0.15, 0.2) is 5.84 Å². The Balaban J connectivity index is 1.54. The van der Waals surface area contributed by atoms with Crippen LogP contribution in [0.3, 0.4) is 0 Å². The lowest BCUT2D eigenvalue weighted by molar-refractivity contribution is 0.900. The van der Waals surface area contributed by atoms with Gasteiger partial charge < -0.3 is 0 Å². The first-order valence-corrected chi connectivity index (χ1v) is 10.9. The van der Waals surface area contributed by atoms with E-state index in [9.17, 15) is 0 Å². The number of aromatic nitrogens is 1. The minimum Gasteiger partial charge on any atom is -0.236 e. The number of amidine groups is 1. The van der Waals surface area contributed by atoms with Crippen LogP contribution >= 0.6 is 11.3 Å². The molecule has 147 valence electrons. The predicted octanol–water partition coefficient (Wildman–Crippen LogP) is 6.71. The summed E-state index contributed by atoms with van der Waals surface area (Å²) in [5.74, 6) is 0.690. The Labute approximate surface area is 184 Å². The van der Waals surface area contributed by atoms with Gasteiger partial charge in [0, 0.05) is 11.1 Å². The van der Waals surface area contributed by atoms with Crippen LogP contribution in [0.4, 0.5) is 17.1 Å². The van der Waals surface area contributed by atoms with E-state index in [1.165, 1.54) is 0 Å². The van der Waals surface area contributed by atoms with Gasteiger partial charge >= 0.3 is 0 Å². The van der Waals surface area contributed by atoms with Gasteiger partial charge in [0.1, 0.15) is 5.01 Å². The third kappa shape index (κ3) is 3.25. The molecular weight excluding hydrogens is 400 g/mol. The quantitative estimate of drug-likeness (QED) is 0.327. The van der Waals surface area contributed by atoms with Gasteiger partial charge in [-0.25, -0.2) is 15.0 Å². The van der Waals surface area contributed by atoms with Crippen molar-refractivity contribution in [2.75, 3.05) is 5.01 Å². The SMILES string of the molecule is c1ccc(C2=Nc3cc4nc(-c5ccccc5)sc4cc3N(c3ccccc3)[N]2)cc1. The zero-order chi connectivity index (χ0) is 20.6. The molecule has 0 saturated heterocycles. The van der Waals surface area contributed by atoms with Gasteiger partial charge in [0.25, 0.3) is 0 Å². The van der Waals surface area contributed by atoms with Gasteiger partial charge in [0.05, 0.1) is 27.3 Å². The number of nitrogens with zero attached hydrogens (tertiary/aromatic N) is 4. The van der Waals surface area contributed by atoms with Crippen LogP contribution in [0.25, 0.3) is 20.8 Å². The van der Waals surface area contributed by atoms with Gasteiger partial charge in [-0.05, 0) is 24.3 Å². The second-order valence-corrected chi connectivity index (χ2v) is 8.27. The van der Waals surface area contributed by atoms with Gasteiger partial charge in [-0.15, -0.1) is 16.8 Å². The number of fused-ring (bicyclic) bond motifs is 2. The first-order chi connectivity index (χ1) is 15.3. The van der Waals surface area contributed by atoms with Crippen LogP contribution < -0.4 is 10.4 Å². The molecule has 31 heavy (non-hydrogen) atoms. The van der Waals surface area contributed by atoms with E-state index in [1.54, 1.807) is 11.3 Å². The number of aliphatic imine (C=N–C) groups is 1. The molecule has 4 nitrogen and oxygen atoms in total. The van der Waals surface area contributed by atoms with Crippen molar-refractivity contribution < 1.29 is 0 Å². The molecule has 0 N–H and O–H groups in total. The van der Waals surface area contributed by atoms with Crippen molar-refractivity contribution in [3.8, 4) is 10.6 Å². The Bertz CT molecular complexity index is 1390. The largest absolute Gasteiger partial charge is 0.236 e. The predicted molar refractivity (Wildman–Crippen MR) is 128 cm³/mol. The Morgan fingerprint density at radius 1 is 0.677 bits per heavy atom. The van der Waals surface area contributed by atoms with Crippen LogP contribution in [0.5, 0.6) is 0 Å². The number of benzene rings is 4. The van der Waals surface area contributed by atoms with Crippen molar-refractivity contribution in [3.05, 3.63) is 109 Å². The number of hydrogen-bond donors (Lipinski definition) is 0. The molecule has 0 fully saturated rings. The first-order valence-electron chi connectivity index (χ1n) is 10.1. The van der Waals surface area contributed by atoms with E-state index < -0.39 is 0 Å². The second kappa shape index (κ2) is 7.38. The maximum absolute atomic E-state index is 4.90. The molecule has 0 aliphatic carbocycles. The normalized spacial score (nSPS) is 12.9. The highest BCUT2D eigenvalue weighted by Gasteiger charge is 2.25. The topological polar surface area (TPSA) is 42.6 Å². The van der Waals surface area contributed by atoms with Crippen LogP contribution in [0.1, 0.15) is 5.56 Å². The van der Waals surface area contributed by atoms with E-state index in [0.29, 0.717) is 5.84 Å². The molecule has 1 aromatic heterocycles. The Kier molecular flexibility index (Phi) is 4.25. The van der Waals surface area contributed by atoms with Crippen molar-refractivity contribution in [3.63, 3.8) is 0 Å². The van der Waals surface area contributed by atoms with Crippen molar-refractivity contribution in [1.29, 1.82) is 0 Å². The standard InChI is InChI=1S/C26H17N4S/c1-4-10-18(11-5-1)25-27-21-16-22-24(31-26(28-22)19-12-6-2-7-13-19)17-23(21)30(29-25)20-14-8-3-9-15-20/h1-17H. The molecule has 1 radical (unpaired) electrons. The summed E-state index contributed by atoms with van der Waals surface area (Å²) in [5.41, 5.74) is 10.8. The van der Waals surface area contributed by atoms with Gasteiger partial charge in [-0.2, -0.15) is 0 Å². The maximum Gasteiger partial charge on any atom is 0.180 e. The van der Waals surface area contributed by atoms with E-state index in [2.05, 4.69) is 36.4 Å². The Morgan fingerprint density at radius 2 is 1.32 bits per heavy atom. The monoisotopic (exact) mass is 417 g/mol. The molecule has 6 rings (SSSR count). The summed E-state index contributed by atoms with van der Waals surface area (Å²) in [6, 6.07) is 34.8. The van der Waals surface area contributed by atoms with Crippen LogP contribution in [-0.2, 0) is 0 Å². The third-order valence-corrected chi connectivity index (χ3v) is 6.25. The van der Waals surface area contributed by atoms with E-state index in [1.807, 2.05) is 71.7 Å². The maximum atomic E-state index is 4.90. The lowest BCUT2D eigenvalue weighted by Crippen LogP contribution is -2.35. The lowest BCUT2D eigenvalue weighted by Gasteiger charge is -2.29. The average molecular weight is 418 g/mol. The fourth-order valence-corrected chi connectivity index (χ4v) is 4.66. The molecule has 1 aliphatic rings. The molecule has 0 amide bonds. The second-order valence-electron chi connectivity index (χ2n) is 7.24. The molecule has 0 atom stereocenters. The van der Waals surface area contributed by atoms with Crippen LogP contribution in [0, 0.1) is 0 Å². The molecule has 0 unspecified atom stereocenters. The highest BCUT2D eigenvalue weighted by Crippen LogP contribution is 2.42. The molecule has 0 spiro atoms. The number of para-hydroxylation sites is 1. The highest BCUT2D eigenvalue weighted by molar-refractivity contribution is 7.21. The number of anilines is 2. The molecule has 0 saturated carbocycles. The lowest BCUT2D eigenvalue weighted by atomic mass is 10.1. The van der Waals surface area contributed by atoms with Gasteiger partial charge in [-0.3, -0.25) is 0 Å². The highest BCUT2D eigenvalue weighted by atomic mass is 32.1. The van der Waals surface area contributed by atoms with E-state index in [4.69, 9.17) is 15.4 Å². The molecule has 5 heteroatoms. The molecule has 5 aromatic rings. The summed E-state index contributed by atoms with van der Waals surface area (Å²) in [6.07, 6.45) is 0. The summed E-state index contributed by atoms with van der Waals surface area (Å²) < 4.78 is 1.12. The van der Waals surface area contributed by atoms with E-state index >= 15 is 0 Å². The van der Waals surface area contributed by atoms with E-state index in [-0.39, 0.29) is 0 Å². The van der Waals surface area contributed by atoms with Crippen molar-refractivity contribution >= 4 is 44.5 Å². The summed E-state index contributed by atoms with van der Waals surface area (Å²) in [4.78, 5) is 9.78. The van der Waals surface area contributed by atoms with Crippen molar-refractivity contribution in [2.24, 2.45) is 4.99 Å². The molecule has 2 heterocycles. The first kappa shape index (κ1) is 17.9. The summed E-state index contributed by atoms with van der Waals surface area (Å²) in [6.45, 7) is 0. The summed E-state index contributed by atoms with van der Waals surface area (Å²) in [5, 5.41) is 2.99. The van der Waals surface area contributed by atoms with Crippen LogP contribution in [0.15, 0.2) is 108 Å². The molecular formula is C26H17N4S. The fraction of sp³-hybridized carbons (Fsp3) is 0. The molecule has 4 aromatic carbocycles. The summed E-state index contributed by atoms with van der Waals surface area (Å²) in [7, 11) is 0. The van der Waals surface area contributed by atoms with Gasteiger partial charge in [0.2, 0.25) is 0 Å². The number of hydrogen-bond acceptors (Lipinski definition) is 4. The Hall–Kier alpha value is -3.96. The van der Waals surface area contributed by atoms with Crippen LogP contribution in [-0.4, -0.2) is 10.8 Å². The number of thiazole rings is 1. The zero-order valence-electron chi connectivity index (χ0n) is 16.5. The van der Waals surface area contributed by atoms with E-state index in [0.717, 1.165) is 43.4 Å². The van der Waals surface area contributed by atoms with Gasteiger partial charge in [-0.1, -0.05) is 78.9 Å². The van der Waals surface area contributed by atoms with Crippen molar-refractivity contribution in [1.82, 2.24) is 10.4 Å². The molecule has 1 aliphatic heterocycles. The third-order valence-electron chi connectivity index (χ3n) is 5.19. The van der Waals surface area contributed by atoms with Crippen LogP contribution in [0.2, 0.25) is 0 Å². The summed E-state index contributed by atoms with van der Waals surface area (Å²) >= 11 is 1.69.